The standard InChI is InChI=1S/C14H19N5O/c1-9-12(13(15)16)14(19(3)17-9)18(2)10-6-5-7-11(8-10)20-4/h5-8H,1-4H3,(H3,15,16). The van der Waals surface area contributed by atoms with Gasteiger partial charge in [0.25, 0.3) is 0 Å². The number of nitrogens with two attached hydrogens (primary N) is 1. The Morgan fingerprint density at radius 2 is 2.15 bits per heavy atom. The molecule has 0 saturated carbocycles. The van der Waals surface area contributed by atoms with Gasteiger partial charge >= 0.3 is 0 Å². The van der Waals surface area contributed by atoms with Gasteiger partial charge in [-0.2, -0.15) is 5.10 Å². The molecule has 1 aromatic carbocycles. The SMILES string of the molecule is COc1cccc(N(C)c2c(C(=N)N)c(C)nn2C)c1. The number of aryl methyl sites for hydroxylation is 2. The summed E-state index contributed by atoms with van der Waals surface area (Å²) in [6, 6.07) is 7.69. The minimum absolute atomic E-state index is 0.0142. The number of rotatable bonds is 4. The van der Waals surface area contributed by atoms with E-state index in [-0.39, 0.29) is 5.84 Å². The van der Waals surface area contributed by atoms with Crippen molar-refractivity contribution in [2.75, 3.05) is 19.1 Å². The third kappa shape index (κ3) is 2.32. The predicted molar refractivity (Wildman–Crippen MR) is 80.0 cm³/mol. The van der Waals surface area contributed by atoms with Crippen LogP contribution in [-0.4, -0.2) is 29.8 Å². The van der Waals surface area contributed by atoms with Crippen LogP contribution in [0.4, 0.5) is 11.5 Å². The molecular weight excluding hydrogens is 254 g/mol. The van der Waals surface area contributed by atoms with Crippen LogP contribution in [-0.2, 0) is 7.05 Å². The smallest absolute Gasteiger partial charge is 0.142 e. The summed E-state index contributed by atoms with van der Waals surface area (Å²) < 4.78 is 6.97. The molecule has 0 aliphatic rings. The van der Waals surface area contributed by atoms with E-state index in [2.05, 4.69) is 5.10 Å². The highest BCUT2D eigenvalue weighted by Gasteiger charge is 2.20. The molecule has 2 aromatic rings. The molecule has 0 saturated heterocycles. The quantitative estimate of drug-likeness (QED) is 0.657. The van der Waals surface area contributed by atoms with Gasteiger partial charge < -0.3 is 15.4 Å². The number of aromatic nitrogens is 2. The Morgan fingerprint density at radius 3 is 2.75 bits per heavy atom. The van der Waals surface area contributed by atoms with E-state index in [1.165, 1.54) is 0 Å². The minimum Gasteiger partial charge on any atom is -0.497 e. The Balaban J connectivity index is 2.52. The summed E-state index contributed by atoms with van der Waals surface area (Å²) in [6.07, 6.45) is 0. The molecule has 0 aliphatic heterocycles. The number of hydrogen-bond donors (Lipinski definition) is 2. The second kappa shape index (κ2) is 5.24. The molecule has 0 amide bonds. The number of hydrogen-bond acceptors (Lipinski definition) is 4. The fourth-order valence-corrected chi connectivity index (χ4v) is 2.29. The first-order chi connectivity index (χ1) is 9.45. The highest BCUT2D eigenvalue weighted by Crippen LogP contribution is 2.30. The van der Waals surface area contributed by atoms with E-state index >= 15 is 0 Å². The zero-order valence-electron chi connectivity index (χ0n) is 12.1. The molecule has 3 N–H and O–H groups in total. The van der Waals surface area contributed by atoms with Crippen molar-refractivity contribution in [1.29, 1.82) is 5.41 Å². The van der Waals surface area contributed by atoms with Gasteiger partial charge in [0.1, 0.15) is 17.4 Å². The van der Waals surface area contributed by atoms with Gasteiger partial charge in [0.05, 0.1) is 18.4 Å². The lowest BCUT2D eigenvalue weighted by molar-refractivity contribution is 0.415. The molecule has 106 valence electrons. The molecule has 1 aromatic heterocycles. The summed E-state index contributed by atoms with van der Waals surface area (Å²) in [5.74, 6) is 1.57. The molecule has 0 bridgehead atoms. The molecular formula is C14H19N5O. The zero-order valence-corrected chi connectivity index (χ0v) is 12.1. The molecule has 0 spiro atoms. The van der Waals surface area contributed by atoms with Crippen molar-refractivity contribution in [3.8, 4) is 5.75 Å². The number of nitrogens with zero attached hydrogens (tertiary/aromatic N) is 3. The van der Waals surface area contributed by atoms with Crippen LogP contribution in [0.1, 0.15) is 11.3 Å². The first-order valence-electron chi connectivity index (χ1n) is 6.21. The number of benzene rings is 1. The minimum atomic E-state index is 0.0142. The average Bonchev–Trinajstić information content (AvgIpc) is 2.72. The van der Waals surface area contributed by atoms with Crippen molar-refractivity contribution >= 4 is 17.3 Å². The van der Waals surface area contributed by atoms with Gasteiger partial charge in [0, 0.05) is 25.8 Å². The highest BCUT2D eigenvalue weighted by atomic mass is 16.5. The van der Waals surface area contributed by atoms with Gasteiger partial charge in [-0.1, -0.05) is 6.07 Å². The normalized spacial score (nSPS) is 10.4. The van der Waals surface area contributed by atoms with Crippen LogP contribution in [0.3, 0.4) is 0 Å². The Hall–Kier alpha value is -2.50. The first-order valence-corrected chi connectivity index (χ1v) is 6.21. The molecule has 2 rings (SSSR count). The summed E-state index contributed by atoms with van der Waals surface area (Å²) in [5, 5.41) is 12.1. The second-order valence-electron chi connectivity index (χ2n) is 4.58. The Morgan fingerprint density at radius 1 is 1.45 bits per heavy atom. The highest BCUT2D eigenvalue weighted by molar-refractivity contribution is 6.01. The molecule has 1 heterocycles. The number of amidine groups is 1. The van der Waals surface area contributed by atoms with Gasteiger partial charge in [-0.15, -0.1) is 0 Å². The Labute approximate surface area is 118 Å². The van der Waals surface area contributed by atoms with Gasteiger partial charge in [-0.25, -0.2) is 0 Å². The molecule has 20 heavy (non-hydrogen) atoms. The van der Waals surface area contributed by atoms with Crippen LogP contribution in [0, 0.1) is 12.3 Å². The third-order valence-electron chi connectivity index (χ3n) is 3.22. The van der Waals surface area contributed by atoms with E-state index in [0.29, 0.717) is 5.56 Å². The summed E-state index contributed by atoms with van der Waals surface area (Å²) in [6.45, 7) is 1.85. The maximum Gasteiger partial charge on any atom is 0.142 e. The number of nitrogen functional groups attached to an aromatic ring is 1. The van der Waals surface area contributed by atoms with Crippen LogP contribution < -0.4 is 15.4 Å². The maximum absolute atomic E-state index is 7.74. The van der Waals surface area contributed by atoms with E-state index in [9.17, 15) is 0 Å². The van der Waals surface area contributed by atoms with Crippen molar-refractivity contribution in [2.45, 2.75) is 6.92 Å². The van der Waals surface area contributed by atoms with E-state index < -0.39 is 0 Å². The Bertz CT molecular complexity index is 647. The number of anilines is 2. The molecule has 6 nitrogen and oxygen atoms in total. The van der Waals surface area contributed by atoms with Crippen LogP contribution in [0.5, 0.6) is 5.75 Å². The van der Waals surface area contributed by atoms with Crippen molar-refractivity contribution in [1.82, 2.24) is 9.78 Å². The molecule has 0 atom stereocenters. The summed E-state index contributed by atoms with van der Waals surface area (Å²) in [4.78, 5) is 1.94. The lowest BCUT2D eigenvalue weighted by Crippen LogP contribution is -2.20. The summed E-state index contributed by atoms with van der Waals surface area (Å²) in [7, 11) is 5.39. The number of methoxy groups -OCH3 is 1. The largest absolute Gasteiger partial charge is 0.497 e. The zero-order chi connectivity index (χ0) is 14.9. The Kier molecular flexibility index (Phi) is 3.65. The van der Waals surface area contributed by atoms with Gasteiger partial charge in [0.15, 0.2) is 0 Å². The summed E-state index contributed by atoms with van der Waals surface area (Å²) >= 11 is 0. The van der Waals surface area contributed by atoms with Crippen molar-refractivity contribution in [3.05, 3.63) is 35.5 Å². The van der Waals surface area contributed by atoms with Gasteiger partial charge in [0.2, 0.25) is 0 Å². The third-order valence-corrected chi connectivity index (χ3v) is 3.22. The van der Waals surface area contributed by atoms with Crippen LogP contribution in [0.2, 0.25) is 0 Å². The van der Waals surface area contributed by atoms with Crippen LogP contribution in [0.25, 0.3) is 0 Å². The molecule has 0 fully saturated rings. The summed E-state index contributed by atoms with van der Waals surface area (Å²) in [5.41, 5.74) is 8.01. The van der Waals surface area contributed by atoms with Gasteiger partial charge in [-0.05, 0) is 19.1 Å². The molecule has 6 heteroatoms. The van der Waals surface area contributed by atoms with Crippen molar-refractivity contribution < 1.29 is 4.74 Å². The number of ether oxygens (including phenoxy) is 1. The van der Waals surface area contributed by atoms with Gasteiger partial charge in [-0.3, -0.25) is 10.1 Å². The fraction of sp³-hybridized carbons (Fsp3) is 0.286. The lowest BCUT2D eigenvalue weighted by Gasteiger charge is -2.21. The molecule has 0 unspecified atom stereocenters. The maximum atomic E-state index is 7.74. The molecule has 0 radical (unpaired) electrons. The number of nitrogens with one attached hydrogen (secondary N) is 1. The fourth-order valence-electron chi connectivity index (χ4n) is 2.29. The van der Waals surface area contributed by atoms with E-state index in [0.717, 1.165) is 22.9 Å². The van der Waals surface area contributed by atoms with Crippen molar-refractivity contribution in [2.24, 2.45) is 12.8 Å². The van der Waals surface area contributed by atoms with Crippen molar-refractivity contribution in [3.63, 3.8) is 0 Å². The van der Waals surface area contributed by atoms with E-state index in [1.54, 1.807) is 11.8 Å². The van der Waals surface area contributed by atoms with E-state index in [4.69, 9.17) is 15.9 Å². The van der Waals surface area contributed by atoms with Crippen LogP contribution in [0.15, 0.2) is 24.3 Å². The van der Waals surface area contributed by atoms with Crippen LogP contribution >= 0.6 is 0 Å². The average molecular weight is 273 g/mol. The predicted octanol–water partition coefficient (Wildman–Crippen LogP) is 1.79. The first kappa shape index (κ1) is 13.9. The lowest BCUT2D eigenvalue weighted by atomic mass is 10.2. The second-order valence-corrected chi connectivity index (χ2v) is 4.58. The monoisotopic (exact) mass is 273 g/mol. The molecule has 0 aliphatic carbocycles. The topological polar surface area (TPSA) is 80.2 Å². The van der Waals surface area contributed by atoms with E-state index in [1.807, 2.05) is 50.2 Å².